The first-order valence-corrected chi connectivity index (χ1v) is 7.03. The summed E-state index contributed by atoms with van der Waals surface area (Å²) >= 11 is 0. The van der Waals surface area contributed by atoms with Crippen LogP contribution in [0.3, 0.4) is 0 Å². The molecule has 1 aromatic carbocycles. The van der Waals surface area contributed by atoms with Crippen LogP contribution in [0.25, 0.3) is 0 Å². The summed E-state index contributed by atoms with van der Waals surface area (Å²) < 4.78 is 82.9. The number of hydrogen-bond acceptors (Lipinski definition) is 3. The van der Waals surface area contributed by atoms with Crippen LogP contribution in [0.5, 0.6) is 0 Å². The molecule has 2 aromatic rings. The second kappa shape index (κ2) is 6.94. The molecule has 1 heterocycles. The van der Waals surface area contributed by atoms with E-state index < -0.39 is 29.4 Å². The number of nitrogens with zero attached hydrogens (tertiary/aromatic N) is 1. The highest BCUT2D eigenvalue weighted by Crippen LogP contribution is 2.52. The van der Waals surface area contributed by atoms with E-state index in [-0.39, 0.29) is 11.3 Å². The Morgan fingerprint density at radius 2 is 1.58 bits per heavy atom. The number of carbonyl (C=O) groups is 1. The molecule has 0 bridgehead atoms. The van der Waals surface area contributed by atoms with Gasteiger partial charge >= 0.3 is 12.4 Å². The van der Waals surface area contributed by atoms with Crippen LogP contribution in [0.1, 0.15) is 15.9 Å². The predicted octanol–water partition coefficient (Wildman–Crippen LogP) is 4.30. The van der Waals surface area contributed by atoms with Crippen molar-refractivity contribution >= 4 is 11.6 Å². The quantitative estimate of drug-likeness (QED) is 0.808. The number of nitrogens with one attached hydrogen (secondary N) is 1. The second-order valence-electron chi connectivity index (χ2n) is 5.15. The molecule has 1 N–H and O–H groups in total. The van der Waals surface area contributed by atoms with Crippen LogP contribution in [0.2, 0.25) is 0 Å². The predicted molar refractivity (Wildman–Crippen MR) is 79.4 cm³/mol. The van der Waals surface area contributed by atoms with Gasteiger partial charge in [-0.3, -0.25) is 9.78 Å². The number of rotatable bonds is 4. The van der Waals surface area contributed by atoms with E-state index in [0.29, 0.717) is 19.2 Å². The average molecular weight is 378 g/mol. The van der Waals surface area contributed by atoms with Crippen molar-refractivity contribution in [1.29, 1.82) is 0 Å². The fourth-order valence-electron chi connectivity index (χ4n) is 2.33. The van der Waals surface area contributed by atoms with Gasteiger partial charge in [0.1, 0.15) is 0 Å². The summed E-state index contributed by atoms with van der Waals surface area (Å²) in [6.07, 6.45) is -8.78. The number of halogens is 6. The molecule has 0 spiro atoms. The summed E-state index contributed by atoms with van der Waals surface area (Å²) in [7, 11) is 0.332. The van der Waals surface area contributed by atoms with E-state index in [1.165, 1.54) is 24.5 Å². The first-order valence-electron chi connectivity index (χ1n) is 7.03. The summed E-state index contributed by atoms with van der Waals surface area (Å²) in [4.78, 5) is 15.7. The average Bonchev–Trinajstić information content (AvgIpc) is 2.55. The van der Waals surface area contributed by atoms with Crippen LogP contribution in [0.4, 0.5) is 32.0 Å². The van der Waals surface area contributed by atoms with Gasteiger partial charge in [0.05, 0.1) is 5.56 Å². The van der Waals surface area contributed by atoms with Gasteiger partial charge in [-0.1, -0.05) is 12.1 Å². The Balaban J connectivity index is 2.34. The highest BCUT2D eigenvalue weighted by Gasteiger charge is 2.72. The molecule has 0 aliphatic heterocycles. The maximum absolute atomic E-state index is 13.2. The van der Waals surface area contributed by atoms with Crippen LogP contribution in [-0.2, 0) is 10.3 Å². The maximum atomic E-state index is 13.2. The van der Waals surface area contributed by atoms with Gasteiger partial charge in [0.2, 0.25) is 0 Å². The number of amides is 1. The molecule has 0 radical (unpaired) electrons. The van der Waals surface area contributed by atoms with Gasteiger partial charge < -0.3 is 10.1 Å². The number of ether oxygens (including phenoxy) is 1. The van der Waals surface area contributed by atoms with E-state index >= 15 is 0 Å². The fraction of sp³-hybridized carbons (Fsp3) is 0.250. The van der Waals surface area contributed by atoms with Crippen molar-refractivity contribution in [2.75, 3.05) is 12.4 Å². The molecule has 2 rings (SSSR count). The highest BCUT2D eigenvalue weighted by atomic mass is 19.4. The largest absolute Gasteiger partial charge is 0.430 e. The summed E-state index contributed by atoms with van der Waals surface area (Å²) in [5.74, 6) is -0.615. The molecule has 0 saturated heterocycles. The molecule has 1 aromatic heterocycles. The smallest absolute Gasteiger partial charge is 0.357 e. The molecule has 0 aliphatic rings. The lowest BCUT2D eigenvalue weighted by Crippen LogP contribution is -2.55. The zero-order chi connectivity index (χ0) is 19.6. The zero-order valence-electron chi connectivity index (χ0n) is 13.2. The minimum absolute atomic E-state index is 0.0111. The lowest BCUT2D eigenvalue weighted by atomic mass is 9.91. The van der Waals surface area contributed by atoms with Gasteiger partial charge in [-0.15, -0.1) is 0 Å². The Morgan fingerprint density at radius 3 is 2.00 bits per heavy atom. The highest BCUT2D eigenvalue weighted by molar-refractivity contribution is 6.04. The van der Waals surface area contributed by atoms with Gasteiger partial charge in [-0.05, 0) is 24.3 Å². The number of carbonyl (C=O) groups excluding carboxylic acids is 1. The van der Waals surface area contributed by atoms with Gasteiger partial charge in [-0.25, -0.2) is 0 Å². The third kappa shape index (κ3) is 3.50. The van der Waals surface area contributed by atoms with Gasteiger partial charge in [0.15, 0.2) is 0 Å². The van der Waals surface area contributed by atoms with E-state index in [1.807, 2.05) is 0 Å². The number of alkyl halides is 6. The molecule has 0 fully saturated rings. The van der Waals surface area contributed by atoms with Crippen molar-refractivity contribution in [2.24, 2.45) is 0 Å². The molecule has 0 saturated carbocycles. The molecule has 0 atom stereocenters. The van der Waals surface area contributed by atoms with Crippen molar-refractivity contribution in [3.8, 4) is 0 Å². The van der Waals surface area contributed by atoms with Crippen molar-refractivity contribution in [2.45, 2.75) is 18.0 Å². The molecule has 10 heteroatoms. The van der Waals surface area contributed by atoms with Crippen LogP contribution in [0.15, 0.2) is 48.8 Å². The minimum atomic E-state index is -5.74. The Morgan fingerprint density at radius 1 is 1.00 bits per heavy atom. The molecule has 140 valence electrons. The number of aromatic nitrogens is 1. The second-order valence-corrected chi connectivity index (χ2v) is 5.15. The summed E-state index contributed by atoms with van der Waals surface area (Å²) in [6.45, 7) is 0. The fourth-order valence-corrected chi connectivity index (χ4v) is 2.33. The van der Waals surface area contributed by atoms with E-state index in [0.717, 1.165) is 12.1 Å². The molecular weight excluding hydrogens is 366 g/mol. The number of methoxy groups -OCH3 is 1. The topological polar surface area (TPSA) is 51.2 Å². The van der Waals surface area contributed by atoms with Crippen molar-refractivity contribution < 1.29 is 35.9 Å². The van der Waals surface area contributed by atoms with E-state index in [2.05, 4.69) is 15.0 Å². The normalized spacial score (nSPS) is 12.7. The van der Waals surface area contributed by atoms with E-state index in [1.54, 1.807) is 0 Å². The Labute approximate surface area is 143 Å². The zero-order valence-corrected chi connectivity index (χ0v) is 13.2. The number of benzene rings is 1. The number of hydrogen-bond donors (Lipinski definition) is 1. The van der Waals surface area contributed by atoms with Crippen LogP contribution in [-0.4, -0.2) is 30.4 Å². The molecular formula is C16H12F6N2O2. The number of anilines is 1. The van der Waals surface area contributed by atoms with Crippen LogP contribution in [0, 0.1) is 0 Å². The molecule has 4 nitrogen and oxygen atoms in total. The molecule has 26 heavy (non-hydrogen) atoms. The van der Waals surface area contributed by atoms with E-state index in [9.17, 15) is 31.1 Å². The summed E-state index contributed by atoms with van der Waals surface area (Å²) in [6, 6.07) is 5.99. The Kier molecular flexibility index (Phi) is 5.26. The van der Waals surface area contributed by atoms with Gasteiger partial charge in [-0.2, -0.15) is 26.3 Å². The standard InChI is InChI=1S/C16H12F6N2O2/c1-26-14(15(17,18)19,16(20,21)22)11-4-6-12(7-5-11)24-13(25)10-3-2-8-23-9-10/h2-9H,1H3,(H,24,25). The SMILES string of the molecule is COC(c1ccc(NC(=O)c2cccnc2)cc1)(C(F)(F)F)C(F)(F)F. The Hall–Kier alpha value is -2.62. The van der Waals surface area contributed by atoms with E-state index in [4.69, 9.17) is 0 Å². The molecule has 1 amide bonds. The summed E-state index contributed by atoms with van der Waals surface area (Å²) in [5.41, 5.74) is -5.43. The van der Waals surface area contributed by atoms with Gasteiger partial charge in [0, 0.05) is 30.8 Å². The van der Waals surface area contributed by atoms with Crippen molar-refractivity contribution in [3.05, 3.63) is 59.9 Å². The summed E-state index contributed by atoms with van der Waals surface area (Å²) in [5, 5.41) is 2.35. The third-order valence-electron chi connectivity index (χ3n) is 3.58. The van der Waals surface area contributed by atoms with Crippen molar-refractivity contribution in [3.63, 3.8) is 0 Å². The minimum Gasteiger partial charge on any atom is -0.357 e. The molecule has 0 aliphatic carbocycles. The first kappa shape index (κ1) is 19.7. The monoisotopic (exact) mass is 378 g/mol. The van der Waals surface area contributed by atoms with Crippen LogP contribution >= 0.6 is 0 Å². The maximum Gasteiger partial charge on any atom is 0.430 e. The number of pyridine rings is 1. The van der Waals surface area contributed by atoms with Crippen molar-refractivity contribution in [1.82, 2.24) is 4.98 Å². The van der Waals surface area contributed by atoms with Gasteiger partial charge in [0.25, 0.3) is 11.5 Å². The Bertz CT molecular complexity index is 743. The lowest BCUT2D eigenvalue weighted by molar-refractivity contribution is -0.383. The first-order chi connectivity index (χ1) is 12.0. The lowest BCUT2D eigenvalue weighted by Gasteiger charge is -2.36. The molecule has 0 unspecified atom stereocenters. The third-order valence-corrected chi connectivity index (χ3v) is 3.58. The van der Waals surface area contributed by atoms with Crippen LogP contribution < -0.4 is 5.32 Å².